The maximum absolute atomic E-state index is 12.2. The van der Waals surface area contributed by atoms with Crippen molar-refractivity contribution in [2.75, 3.05) is 13.1 Å². The lowest BCUT2D eigenvalue weighted by Gasteiger charge is -2.13. The lowest BCUT2D eigenvalue weighted by atomic mass is 10.0. The van der Waals surface area contributed by atoms with E-state index in [0.717, 1.165) is 38.5 Å². The maximum Gasteiger partial charge on any atom is 0.248 e. The molecule has 6 heteroatoms. The van der Waals surface area contributed by atoms with Gasteiger partial charge in [-0.3, -0.25) is 9.59 Å². The second-order valence-electron chi connectivity index (χ2n) is 15.5. The molecule has 0 aromatic rings. The Balaban J connectivity index is 3.44. The summed E-state index contributed by atoms with van der Waals surface area (Å²) in [5, 5.41) is 26.0. The first-order chi connectivity index (χ1) is 24.5. The van der Waals surface area contributed by atoms with Gasteiger partial charge >= 0.3 is 0 Å². The standard InChI is InChI=1S/C44H88N2O4/c1-3-5-7-9-11-13-15-17-19-21-23-25-27-29-31-33-37-41(47)43(49)45-39-35-36-40-46-44(50)42(48)38-34-32-30-28-26-24-22-20-18-16-14-12-10-8-6-4-2/h41-42,47-48H,3-40H2,1-2H3,(H,45,49)(H,46,50). The van der Waals surface area contributed by atoms with E-state index in [-0.39, 0.29) is 11.8 Å². The van der Waals surface area contributed by atoms with E-state index in [4.69, 9.17) is 0 Å². The third-order valence-electron chi connectivity index (χ3n) is 10.5. The molecule has 0 aliphatic rings. The molecular weight excluding hydrogens is 620 g/mol. The summed E-state index contributed by atoms with van der Waals surface area (Å²) < 4.78 is 0. The molecule has 0 saturated carbocycles. The number of carbonyl (C=O) groups excluding carboxylic acids is 2. The van der Waals surface area contributed by atoms with Gasteiger partial charge in [-0.05, 0) is 25.7 Å². The molecule has 0 aromatic heterocycles. The van der Waals surface area contributed by atoms with E-state index < -0.39 is 12.2 Å². The molecule has 0 aromatic carbocycles. The van der Waals surface area contributed by atoms with E-state index in [0.29, 0.717) is 25.9 Å². The van der Waals surface area contributed by atoms with Crippen molar-refractivity contribution in [3.63, 3.8) is 0 Å². The fourth-order valence-electron chi connectivity index (χ4n) is 6.94. The van der Waals surface area contributed by atoms with Gasteiger partial charge in [-0.25, -0.2) is 0 Å². The average Bonchev–Trinajstić information content (AvgIpc) is 3.12. The molecule has 0 aliphatic carbocycles. The number of unbranched alkanes of at least 4 members (excludes halogenated alkanes) is 31. The van der Waals surface area contributed by atoms with E-state index in [1.165, 1.54) is 180 Å². The lowest BCUT2D eigenvalue weighted by Crippen LogP contribution is -2.36. The quantitative estimate of drug-likeness (QED) is 0.0475. The third-order valence-corrected chi connectivity index (χ3v) is 10.5. The molecule has 2 amide bonds. The zero-order chi connectivity index (χ0) is 36.6. The van der Waals surface area contributed by atoms with Crippen LogP contribution in [-0.4, -0.2) is 47.3 Å². The molecule has 0 radical (unpaired) electrons. The van der Waals surface area contributed by atoms with Gasteiger partial charge in [0.2, 0.25) is 11.8 Å². The highest BCUT2D eigenvalue weighted by molar-refractivity contribution is 5.80. The van der Waals surface area contributed by atoms with Crippen molar-refractivity contribution in [3.8, 4) is 0 Å². The largest absolute Gasteiger partial charge is 0.383 e. The van der Waals surface area contributed by atoms with Gasteiger partial charge in [0.15, 0.2) is 0 Å². The molecule has 0 rings (SSSR count). The van der Waals surface area contributed by atoms with Crippen LogP contribution in [0.2, 0.25) is 0 Å². The molecule has 0 fully saturated rings. The van der Waals surface area contributed by atoms with E-state index in [2.05, 4.69) is 24.5 Å². The van der Waals surface area contributed by atoms with E-state index in [1.54, 1.807) is 0 Å². The Hall–Kier alpha value is -1.14. The molecule has 0 heterocycles. The number of hydrogen-bond acceptors (Lipinski definition) is 4. The average molecular weight is 709 g/mol. The lowest BCUT2D eigenvalue weighted by molar-refractivity contribution is -0.130. The molecule has 2 unspecified atom stereocenters. The van der Waals surface area contributed by atoms with E-state index >= 15 is 0 Å². The number of aliphatic hydroxyl groups excluding tert-OH is 2. The SMILES string of the molecule is CCCCCCCCCCCCCCCCCCC(O)C(=O)NCCCCNC(=O)C(O)CCCCCCCCCCCCCCCCCC. The minimum atomic E-state index is -0.930. The summed E-state index contributed by atoms with van der Waals surface area (Å²) in [5.41, 5.74) is 0. The number of aliphatic hydroxyl groups is 2. The topological polar surface area (TPSA) is 98.7 Å². The summed E-state index contributed by atoms with van der Waals surface area (Å²) in [7, 11) is 0. The predicted molar refractivity (Wildman–Crippen MR) is 216 cm³/mol. The van der Waals surface area contributed by atoms with Crippen LogP contribution in [0.4, 0.5) is 0 Å². The maximum atomic E-state index is 12.2. The summed E-state index contributed by atoms with van der Waals surface area (Å²) in [6, 6.07) is 0. The van der Waals surface area contributed by atoms with Gasteiger partial charge in [-0.15, -0.1) is 0 Å². The Morgan fingerprint density at radius 3 is 0.760 bits per heavy atom. The molecule has 0 aliphatic heterocycles. The zero-order valence-corrected chi connectivity index (χ0v) is 33.7. The predicted octanol–water partition coefficient (Wildman–Crippen LogP) is 12.0. The van der Waals surface area contributed by atoms with Gasteiger partial charge in [0.25, 0.3) is 0 Å². The third kappa shape index (κ3) is 36.6. The number of carbonyl (C=O) groups is 2. The number of amides is 2. The van der Waals surface area contributed by atoms with Gasteiger partial charge < -0.3 is 20.8 Å². The Labute approximate surface area is 311 Å². The van der Waals surface area contributed by atoms with Crippen molar-refractivity contribution in [2.24, 2.45) is 0 Å². The zero-order valence-electron chi connectivity index (χ0n) is 33.7. The van der Waals surface area contributed by atoms with E-state index in [1.807, 2.05) is 0 Å². The summed E-state index contributed by atoms with van der Waals surface area (Å²) >= 11 is 0. The summed E-state index contributed by atoms with van der Waals surface area (Å²) in [6.45, 7) is 5.54. The Morgan fingerprint density at radius 1 is 0.340 bits per heavy atom. The van der Waals surface area contributed by atoms with Crippen LogP contribution in [0, 0.1) is 0 Å². The first-order valence-corrected chi connectivity index (χ1v) is 22.4. The van der Waals surface area contributed by atoms with Crippen LogP contribution in [0.3, 0.4) is 0 Å². The van der Waals surface area contributed by atoms with Crippen molar-refractivity contribution < 1.29 is 19.8 Å². The van der Waals surface area contributed by atoms with Crippen molar-refractivity contribution >= 4 is 11.8 Å². The molecular formula is C44H88N2O4. The van der Waals surface area contributed by atoms with E-state index in [9.17, 15) is 19.8 Å². The van der Waals surface area contributed by atoms with Crippen LogP contribution in [0.5, 0.6) is 0 Å². The molecule has 6 nitrogen and oxygen atoms in total. The van der Waals surface area contributed by atoms with Gasteiger partial charge in [0, 0.05) is 13.1 Å². The molecule has 0 spiro atoms. The minimum Gasteiger partial charge on any atom is -0.383 e. The second kappa shape index (κ2) is 40.6. The van der Waals surface area contributed by atoms with Crippen LogP contribution in [-0.2, 0) is 9.59 Å². The first-order valence-electron chi connectivity index (χ1n) is 22.4. The highest BCUT2D eigenvalue weighted by Crippen LogP contribution is 2.16. The summed E-state index contributed by atoms with van der Waals surface area (Å²) in [5.74, 6) is -0.576. The number of nitrogens with one attached hydrogen (secondary N) is 2. The van der Waals surface area contributed by atoms with Crippen molar-refractivity contribution in [1.82, 2.24) is 10.6 Å². The fraction of sp³-hybridized carbons (Fsp3) is 0.955. The van der Waals surface area contributed by atoms with Gasteiger partial charge in [-0.2, -0.15) is 0 Å². The molecule has 0 saturated heterocycles. The van der Waals surface area contributed by atoms with Crippen molar-refractivity contribution in [2.45, 2.75) is 257 Å². The number of hydrogen-bond donors (Lipinski definition) is 4. The Bertz CT molecular complexity index is 646. The van der Waals surface area contributed by atoms with Gasteiger partial charge in [-0.1, -0.05) is 219 Å². The van der Waals surface area contributed by atoms with Crippen LogP contribution in [0.25, 0.3) is 0 Å². The van der Waals surface area contributed by atoms with Crippen molar-refractivity contribution in [3.05, 3.63) is 0 Å². The highest BCUT2D eigenvalue weighted by atomic mass is 16.3. The van der Waals surface area contributed by atoms with Crippen LogP contribution >= 0.6 is 0 Å². The van der Waals surface area contributed by atoms with Gasteiger partial charge in [0.05, 0.1) is 0 Å². The molecule has 298 valence electrons. The Kier molecular flexibility index (Phi) is 39.7. The molecule has 2 atom stereocenters. The first kappa shape index (κ1) is 48.9. The molecule has 0 bridgehead atoms. The molecule has 4 N–H and O–H groups in total. The van der Waals surface area contributed by atoms with Crippen LogP contribution in [0.15, 0.2) is 0 Å². The van der Waals surface area contributed by atoms with Crippen LogP contribution in [0.1, 0.15) is 245 Å². The minimum absolute atomic E-state index is 0.288. The smallest absolute Gasteiger partial charge is 0.248 e. The summed E-state index contributed by atoms with van der Waals surface area (Å²) in [6.07, 6.45) is 42.7. The number of rotatable bonds is 41. The van der Waals surface area contributed by atoms with Crippen LogP contribution < -0.4 is 10.6 Å². The Morgan fingerprint density at radius 2 is 0.540 bits per heavy atom. The highest BCUT2D eigenvalue weighted by Gasteiger charge is 2.15. The summed E-state index contributed by atoms with van der Waals surface area (Å²) in [4.78, 5) is 24.4. The fourth-order valence-corrected chi connectivity index (χ4v) is 6.94. The van der Waals surface area contributed by atoms with Gasteiger partial charge in [0.1, 0.15) is 12.2 Å². The molecule has 50 heavy (non-hydrogen) atoms. The van der Waals surface area contributed by atoms with Crippen molar-refractivity contribution in [1.29, 1.82) is 0 Å². The normalized spacial score (nSPS) is 12.6. The monoisotopic (exact) mass is 709 g/mol. The second-order valence-corrected chi connectivity index (χ2v) is 15.5.